The van der Waals surface area contributed by atoms with E-state index in [1.807, 2.05) is 0 Å². The second-order valence-electron chi connectivity index (χ2n) is 13.5. The number of H-pyrrole nitrogens is 2. The number of amides is 2. The fourth-order valence-electron chi connectivity index (χ4n) is 5.92. The molecule has 4 aromatic heterocycles. The molecule has 7 rings (SSSR count). The maximum atomic E-state index is 16.4. The maximum Gasteiger partial charge on any atom is 0.386 e. The summed E-state index contributed by atoms with van der Waals surface area (Å²) in [5.74, 6) is -2.40. The van der Waals surface area contributed by atoms with E-state index < -0.39 is 111 Å². The Morgan fingerprint density at radius 2 is 1.14 bits per heavy atom. The molecule has 0 spiro atoms. The molecule has 0 unspecified atom stereocenters. The Hall–Kier alpha value is -3.58. The van der Waals surface area contributed by atoms with E-state index in [-0.39, 0.29) is 34.2 Å². The average molecular weight is 867 g/mol. The topological polar surface area (TPSA) is 275 Å². The van der Waals surface area contributed by atoms with E-state index in [2.05, 4.69) is 65.0 Å². The molecule has 3 aliphatic heterocycles. The lowest BCUT2D eigenvalue weighted by Crippen LogP contribution is -2.36. The summed E-state index contributed by atoms with van der Waals surface area (Å²) in [5.41, 5.74) is -2.41. The van der Waals surface area contributed by atoms with Gasteiger partial charge in [0.1, 0.15) is 24.4 Å². The number of hydrogen-bond acceptors (Lipinski definition) is 16. The van der Waals surface area contributed by atoms with Gasteiger partial charge in [0.2, 0.25) is 23.7 Å². The van der Waals surface area contributed by atoms with E-state index in [1.165, 1.54) is 0 Å². The van der Waals surface area contributed by atoms with Crippen molar-refractivity contribution in [2.75, 3.05) is 23.8 Å². The highest BCUT2D eigenvalue weighted by atomic mass is 32.7. The normalized spacial score (nSPS) is 32.6. The van der Waals surface area contributed by atoms with Crippen LogP contribution in [0.3, 0.4) is 0 Å². The molecular weight excluding hydrogens is 832 g/mol. The van der Waals surface area contributed by atoms with E-state index in [9.17, 15) is 28.3 Å². The van der Waals surface area contributed by atoms with Crippen LogP contribution in [0, 0.1) is 11.8 Å². The number of ether oxygens (including phenoxy) is 2. The smallest absolute Gasteiger partial charge is 0.346 e. The number of thiol groups is 2. The number of halogens is 2. The molecule has 22 nitrogen and oxygen atoms in total. The molecule has 0 aromatic carbocycles. The van der Waals surface area contributed by atoms with Crippen molar-refractivity contribution in [3.8, 4) is 0 Å². The van der Waals surface area contributed by atoms with Crippen LogP contribution in [0.4, 0.5) is 20.7 Å². The third-order valence-corrected chi connectivity index (χ3v) is 12.0. The van der Waals surface area contributed by atoms with Crippen LogP contribution < -0.4 is 21.8 Å². The predicted octanol–water partition coefficient (Wildman–Crippen LogP) is 2.81. The van der Waals surface area contributed by atoms with Gasteiger partial charge in [-0.15, -0.1) is 0 Å². The highest BCUT2D eigenvalue weighted by Gasteiger charge is 2.54. The van der Waals surface area contributed by atoms with Gasteiger partial charge in [0.15, 0.2) is 47.1 Å². The van der Waals surface area contributed by atoms with Crippen LogP contribution in [0.5, 0.6) is 0 Å². The predicted molar refractivity (Wildman–Crippen MR) is 196 cm³/mol. The number of nitrogens with one attached hydrogen (secondary N) is 4. The first kappa shape index (κ1) is 40.6. The monoisotopic (exact) mass is 866 g/mol. The number of aromatic nitrogens is 8. The Morgan fingerprint density at radius 1 is 0.768 bits per heavy atom. The molecule has 304 valence electrons. The van der Waals surface area contributed by atoms with Crippen molar-refractivity contribution in [3.63, 3.8) is 0 Å². The highest BCUT2D eigenvalue weighted by molar-refractivity contribution is 8.44. The Kier molecular flexibility index (Phi) is 11.1. The Morgan fingerprint density at radius 3 is 1.50 bits per heavy atom. The van der Waals surface area contributed by atoms with Crippen LogP contribution in [0.1, 0.15) is 40.2 Å². The molecule has 56 heavy (non-hydrogen) atoms. The van der Waals surface area contributed by atoms with E-state index in [0.29, 0.717) is 0 Å². The maximum absolute atomic E-state index is 16.4. The van der Waals surface area contributed by atoms with Gasteiger partial charge >= 0.3 is 13.6 Å². The molecule has 0 bridgehead atoms. The molecule has 3 aliphatic rings. The molecule has 0 saturated carbocycles. The molecule has 3 saturated heterocycles. The lowest BCUT2D eigenvalue weighted by molar-refractivity contribution is -0.119. The third-order valence-electron chi connectivity index (χ3n) is 8.79. The number of carbonyl (C=O) groups excluding carboxylic acids is 2. The van der Waals surface area contributed by atoms with Gasteiger partial charge in [0, 0.05) is 11.8 Å². The number of hydrogen-bond donors (Lipinski definition) is 6. The van der Waals surface area contributed by atoms with E-state index in [0.717, 1.165) is 21.8 Å². The largest absolute Gasteiger partial charge is 0.386 e. The van der Waals surface area contributed by atoms with Crippen molar-refractivity contribution in [2.45, 2.75) is 76.9 Å². The number of imidazole rings is 2. The minimum Gasteiger partial charge on any atom is -0.346 e. The summed E-state index contributed by atoms with van der Waals surface area (Å²) in [6.45, 7) is -4.30. The van der Waals surface area contributed by atoms with Crippen molar-refractivity contribution in [1.82, 2.24) is 39.0 Å². The minimum atomic E-state index is -4.58. The molecule has 4 N–H and O–H groups in total. The Bertz CT molecular complexity index is 2250. The van der Waals surface area contributed by atoms with E-state index in [1.54, 1.807) is 27.7 Å². The number of anilines is 2. The fourth-order valence-corrected chi connectivity index (χ4v) is 8.89. The summed E-state index contributed by atoms with van der Waals surface area (Å²) >= 11 is 7.99. The molecular formula is C28H34F2N10O12P2S2. The first-order valence-electron chi connectivity index (χ1n) is 16.8. The van der Waals surface area contributed by atoms with Gasteiger partial charge in [-0.1, -0.05) is 52.2 Å². The van der Waals surface area contributed by atoms with Crippen molar-refractivity contribution in [1.29, 1.82) is 0 Å². The van der Waals surface area contributed by atoms with Gasteiger partial charge in [-0.05, 0) is 0 Å². The summed E-state index contributed by atoms with van der Waals surface area (Å²) in [7, 11) is 0. The zero-order chi connectivity index (χ0) is 40.4. The fraction of sp³-hybridized carbons (Fsp3) is 0.571. The quantitative estimate of drug-likeness (QED) is 0.120. The number of carbonyl (C=O) groups is 2. The van der Waals surface area contributed by atoms with Crippen LogP contribution in [0.15, 0.2) is 22.2 Å². The Balaban J connectivity index is 1.15. The number of fused-ring (bicyclic) bond motifs is 4. The summed E-state index contributed by atoms with van der Waals surface area (Å²) in [4.78, 5) is 71.1. The van der Waals surface area contributed by atoms with Crippen LogP contribution in [0.25, 0.3) is 22.3 Å². The molecule has 28 heteroatoms. The van der Waals surface area contributed by atoms with Crippen LogP contribution in [-0.4, -0.2) is 101 Å². The van der Waals surface area contributed by atoms with Gasteiger partial charge in [-0.25, -0.2) is 27.9 Å². The third kappa shape index (κ3) is 7.95. The summed E-state index contributed by atoms with van der Waals surface area (Å²) in [6.07, 6.45) is -12.4. The number of alkyl halides is 2. The summed E-state index contributed by atoms with van der Waals surface area (Å²) < 4.78 is 95.6. The molecule has 7 heterocycles. The summed E-state index contributed by atoms with van der Waals surface area (Å²) in [6, 6.07) is 0. The van der Waals surface area contributed by atoms with Crippen LogP contribution in [0.2, 0.25) is 0 Å². The molecule has 2 amide bonds. The first-order chi connectivity index (χ1) is 26.3. The summed E-state index contributed by atoms with van der Waals surface area (Å²) in [5, 5.41) is 4.88. The number of aromatic amines is 2. The second-order valence-corrected chi connectivity index (χ2v) is 19.2. The van der Waals surface area contributed by atoms with Crippen molar-refractivity contribution in [2.24, 2.45) is 11.8 Å². The highest BCUT2D eigenvalue weighted by Crippen LogP contribution is 2.60. The lowest BCUT2D eigenvalue weighted by atomic mass is 10.1. The number of nitrogens with zero attached hydrogens (tertiary/aromatic N) is 6. The van der Waals surface area contributed by atoms with Gasteiger partial charge in [-0.2, -0.15) is 9.97 Å². The Labute approximate surface area is 323 Å². The number of rotatable bonds is 6. The SMILES string of the molecule is CC(C)C(=O)Nc1nc2c(ncn2[C@@H]2O[C@@H]3CO[P@@](=O)(S)O[C@H]4[C@@H](F)[C@H](n5cnc6c(=O)[nH]c(NC(=O)C(C)C)nc65)O[C@@H]4CO[P@](=O)(S)O[C@H]3[C@H]2F)c(=O)[nH]1. The van der Waals surface area contributed by atoms with Gasteiger partial charge in [-0.3, -0.25) is 67.0 Å². The van der Waals surface area contributed by atoms with Gasteiger partial charge in [0.25, 0.3) is 11.1 Å². The first-order valence-corrected chi connectivity index (χ1v) is 22.2. The second kappa shape index (κ2) is 15.3. The van der Waals surface area contributed by atoms with Gasteiger partial charge < -0.3 is 9.47 Å². The van der Waals surface area contributed by atoms with E-state index >= 15 is 8.78 Å². The molecule has 0 radical (unpaired) electrons. The van der Waals surface area contributed by atoms with Crippen molar-refractivity contribution >= 4 is 84.1 Å². The molecule has 10 atom stereocenters. The van der Waals surface area contributed by atoms with Crippen molar-refractivity contribution in [3.05, 3.63) is 33.4 Å². The average Bonchev–Trinajstić information content (AvgIpc) is 3.87. The molecule has 0 aliphatic carbocycles. The molecule has 3 fully saturated rings. The minimum absolute atomic E-state index is 0.206. The van der Waals surface area contributed by atoms with E-state index in [4.69, 9.17) is 27.6 Å². The standard InChI is InChI=1S/C28H34F2N10O12P2S2/c1-9(2)21(41)35-27-33-19-15(23(43)37-27)31-7-39(19)25-13(29)17-11(49-25)5-47-54(46,56)52-18-12(6-48-53(45,55)51-17)50-26(14(18)30)40-8-32-16-20(40)34-28(38-24(16)44)36-22(42)10(3)4/h7-14,17-18,25-26H,5-6H2,1-4H3,(H,45,55)(H,46,56)(H2,33,35,37,41,43)(H2,34,36,38,42,44)/t11-,12-,13-,14-,17-,18-,25-,26-,53-,54+/m1/s1. The zero-order valence-electron chi connectivity index (χ0n) is 29.5. The van der Waals surface area contributed by atoms with Crippen molar-refractivity contribution < 1.29 is 55.1 Å². The lowest BCUT2D eigenvalue weighted by Gasteiger charge is -2.28. The van der Waals surface area contributed by atoms with Gasteiger partial charge in [0.05, 0.1) is 25.9 Å². The zero-order valence-corrected chi connectivity index (χ0v) is 33.0. The van der Waals surface area contributed by atoms with Crippen LogP contribution >= 0.6 is 38.1 Å². The van der Waals surface area contributed by atoms with Crippen LogP contribution in [-0.2, 0) is 46.3 Å². The molecule has 4 aromatic rings.